The first-order chi connectivity index (χ1) is 7.25. The third-order valence-electron chi connectivity index (χ3n) is 3.04. The van der Waals surface area contributed by atoms with Crippen LogP contribution in [0.5, 0.6) is 0 Å². The summed E-state index contributed by atoms with van der Waals surface area (Å²) < 4.78 is 5.77. The average Bonchev–Trinajstić information content (AvgIpc) is 2.15. The summed E-state index contributed by atoms with van der Waals surface area (Å²) >= 11 is 0. The molecule has 2 N–H and O–H groups in total. The summed E-state index contributed by atoms with van der Waals surface area (Å²) in [6.45, 7) is 11.2. The van der Waals surface area contributed by atoms with E-state index >= 15 is 0 Å². The Hall–Kier alpha value is -0.410. The number of nitrogens with two attached hydrogens (primary N) is 1. The summed E-state index contributed by atoms with van der Waals surface area (Å²) in [5.41, 5.74) is 5.06. The zero-order chi connectivity index (χ0) is 12.8. The summed E-state index contributed by atoms with van der Waals surface area (Å²) in [5.74, 6) is 0.299. The van der Waals surface area contributed by atoms with Crippen LogP contribution in [0.25, 0.3) is 0 Å². The number of hydrogen-bond acceptors (Lipinski definition) is 3. The molecule has 0 aliphatic rings. The second kappa shape index (κ2) is 6.36. The van der Waals surface area contributed by atoms with Crippen molar-refractivity contribution in [2.45, 2.75) is 59.5 Å². The molecule has 0 aliphatic heterocycles. The fraction of sp³-hybridized carbons (Fsp3) is 0.923. The molecule has 0 spiro atoms. The zero-order valence-electron chi connectivity index (χ0n) is 11.4. The molecule has 0 aromatic carbocycles. The van der Waals surface area contributed by atoms with Gasteiger partial charge in [-0.3, -0.25) is 4.79 Å². The van der Waals surface area contributed by atoms with E-state index in [0.717, 1.165) is 12.8 Å². The molecule has 0 saturated heterocycles. The van der Waals surface area contributed by atoms with E-state index in [0.29, 0.717) is 25.4 Å². The normalized spacial score (nSPS) is 12.9. The van der Waals surface area contributed by atoms with E-state index < -0.39 is 0 Å². The first-order valence-electron chi connectivity index (χ1n) is 6.12. The Morgan fingerprint density at radius 2 is 1.75 bits per heavy atom. The van der Waals surface area contributed by atoms with Gasteiger partial charge in [-0.05, 0) is 33.2 Å². The number of rotatable bonds is 8. The van der Waals surface area contributed by atoms with Crippen molar-refractivity contribution in [3.63, 3.8) is 0 Å². The lowest BCUT2D eigenvalue weighted by atomic mass is 9.83. The largest absolute Gasteiger partial charge is 0.375 e. The number of ketones is 1. The number of carbonyl (C=O) groups is 1. The molecule has 0 saturated carbocycles. The van der Waals surface area contributed by atoms with E-state index in [4.69, 9.17) is 10.5 Å². The quantitative estimate of drug-likeness (QED) is 0.696. The number of Topliss-reactive ketones (excluding diaryl/α,β-unsaturated/α-hetero) is 1. The Morgan fingerprint density at radius 1 is 1.19 bits per heavy atom. The third-order valence-corrected chi connectivity index (χ3v) is 3.04. The van der Waals surface area contributed by atoms with Crippen LogP contribution >= 0.6 is 0 Å². The first kappa shape index (κ1) is 15.6. The Labute approximate surface area is 99.7 Å². The van der Waals surface area contributed by atoms with Crippen LogP contribution in [0.2, 0.25) is 0 Å². The standard InChI is InChI=1S/C13H27NO2/c1-6-11(15)12(2,3)8-10-16-13(4,5)7-9-14/h6-10,14H2,1-5H3. The smallest absolute Gasteiger partial charge is 0.138 e. The molecule has 0 aliphatic carbocycles. The molecule has 96 valence electrons. The maximum atomic E-state index is 11.6. The van der Waals surface area contributed by atoms with Gasteiger partial charge in [-0.25, -0.2) is 0 Å². The SMILES string of the molecule is CCC(=O)C(C)(C)CCOC(C)(C)CCN. The molecule has 0 heterocycles. The van der Waals surface area contributed by atoms with Crippen LogP contribution in [0.4, 0.5) is 0 Å². The van der Waals surface area contributed by atoms with E-state index in [9.17, 15) is 4.79 Å². The molecular formula is C13H27NO2. The van der Waals surface area contributed by atoms with E-state index in [1.807, 2.05) is 34.6 Å². The van der Waals surface area contributed by atoms with Crippen LogP contribution in [-0.4, -0.2) is 24.5 Å². The van der Waals surface area contributed by atoms with Crippen molar-refractivity contribution in [2.75, 3.05) is 13.2 Å². The highest BCUT2D eigenvalue weighted by Crippen LogP contribution is 2.24. The lowest BCUT2D eigenvalue weighted by Crippen LogP contribution is -2.31. The van der Waals surface area contributed by atoms with Gasteiger partial charge in [0, 0.05) is 18.4 Å². The third kappa shape index (κ3) is 5.61. The van der Waals surface area contributed by atoms with Crippen LogP contribution in [0.1, 0.15) is 53.9 Å². The Kier molecular flexibility index (Phi) is 6.19. The molecule has 0 fully saturated rings. The van der Waals surface area contributed by atoms with Gasteiger partial charge in [-0.15, -0.1) is 0 Å². The predicted octanol–water partition coefficient (Wildman–Crippen LogP) is 2.53. The van der Waals surface area contributed by atoms with Crippen molar-refractivity contribution in [1.29, 1.82) is 0 Å². The van der Waals surface area contributed by atoms with E-state index in [2.05, 4.69) is 0 Å². The molecule has 16 heavy (non-hydrogen) atoms. The van der Waals surface area contributed by atoms with Crippen LogP contribution in [0.15, 0.2) is 0 Å². The molecule has 3 heteroatoms. The number of hydrogen-bond donors (Lipinski definition) is 1. The Morgan fingerprint density at radius 3 is 2.19 bits per heavy atom. The molecule has 0 rings (SSSR count). The lowest BCUT2D eigenvalue weighted by Gasteiger charge is -2.28. The minimum absolute atomic E-state index is 0.180. The summed E-state index contributed by atoms with van der Waals surface area (Å²) in [4.78, 5) is 11.6. The molecule has 0 radical (unpaired) electrons. The summed E-state index contributed by atoms with van der Waals surface area (Å²) in [5, 5.41) is 0. The predicted molar refractivity (Wildman–Crippen MR) is 67.4 cm³/mol. The molecule has 0 aromatic rings. The monoisotopic (exact) mass is 229 g/mol. The summed E-state index contributed by atoms with van der Waals surface area (Å²) in [7, 11) is 0. The van der Waals surface area contributed by atoms with Gasteiger partial charge < -0.3 is 10.5 Å². The highest BCUT2D eigenvalue weighted by atomic mass is 16.5. The van der Waals surface area contributed by atoms with Crippen LogP contribution in [0.3, 0.4) is 0 Å². The first-order valence-corrected chi connectivity index (χ1v) is 6.12. The topological polar surface area (TPSA) is 52.3 Å². The van der Waals surface area contributed by atoms with Gasteiger partial charge in [0.15, 0.2) is 0 Å². The van der Waals surface area contributed by atoms with Gasteiger partial charge in [0.2, 0.25) is 0 Å². The molecule has 0 amide bonds. The van der Waals surface area contributed by atoms with E-state index in [1.165, 1.54) is 0 Å². The minimum Gasteiger partial charge on any atom is -0.375 e. The highest BCUT2D eigenvalue weighted by Gasteiger charge is 2.26. The maximum absolute atomic E-state index is 11.6. The minimum atomic E-state index is -0.270. The zero-order valence-corrected chi connectivity index (χ0v) is 11.4. The van der Waals surface area contributed by atoms with Crippen molar-refractivity contribution in [1.82, 2.24) is 0 Å². The van der Waals surface area contributed by atoms with Crippen molar-refractivity contribution >= 4 is 5.78 Å². The van der Waals surface area contributed by atoms with Crippen molar-refractivity contribution in [3.8, 4) is 0 Å². The second-order valence-electron chi connectivity index (χ2n) is 5.56. The van der Waals surface area contributed by atoms with Crippen LogP contribution in [-0.2, 0) is 9.53 Å². The average molecular weight is 229 g/mol. The number of carbonyl (C=O) groups excluding carboxylic acids is 1. The van der Waals surface area contributed by atoms with Gasteiger partial charge in [-0.1, -0.05) is 20.8 Å². The fourth-order valence-electron chi connectivity index (χ4n) is 1.62. The van der Waals surface area contributed by atoms with Crippen molar-refractivity contribution in [3.05, 3.63) is 0 Å². The highest BCUT2D eigenvalue weighted by molar-refractivity contribution is 5.83. The van der Waals surface area contributed by atoms with Crippen molar-refractivity contribution < 1.29 is 9.53 Å². The Balaban J connectivity index is 4.02. The molecule has 0 aromatic heterocycles. The summed E-state index contributed by atoms with van der Waals surface area (Å²) in [6.07, 6.45) is 2.21. The molecule has 3 nitrogen and oxygen atoms in total. The van der Waals surface area contributed by atoms with Crippen molar-refractivity contribution in [2.24, 2.45) is 11.1 Å². The van der Waals surface area contributed by atoms with Crippen LogP contribution in [0, 0.1) is 5.41 Å². The number of ether oxygens (including phenoxy) is 1. The molecule has 0 atom stereocenters. The molecule has 0 bridgehead atoms. The van der Waals surface area contributed by atoms with Gasteiger partial charge in [0.05, 0.1) is 5.60 Å². The molecular weight excluding hydrogens is 202 g/mol. The lowest BCUT2D eigenvalue weighted by molar-refractivity contribution is -0.128. The van der Waals surface area contributed by atoms with Crippen LogP contribution < -0.4 is 5.73 Å². The molecule has 0 unspecified atom stereocenters. The van der Waals surface area contributed by atoms with Gasteiger partial charge in [0.1, 0.15) is 5.78 Å². The summed E-state index contributed by atoms with van der Waals surface area (Å²) in [6, 6.07) is 0. The second-order valence-corrected chi connectivity index (χ2v) is 5.56. The van der Waals surface area contributed by atoms with Gasteiger partial charge >= 0.3 is 0 Å². The fourth-order valence-corrected chi connectivity index (χ4v) is 1.62. The Bertz CT molecular complexity index is 222. The van der Waals surface area contributed by atoms with Gasteiger partial charge in [-0.2, -0.15) is 0 Å². The van der Waals surface area contributed by atoms with E-state index in [1.54, 1.807) is 0 Å². The van der Waals surface area contributed by atoms with Gasteiger partial charge in [0.25, 0.3) is 0 Å². The maximum Gasteiger partial charge on any atom is 0.138 e. The van der Waals surface area contributed by atoms with E-state index in [-0.39, 0.29) is 11.0 Å².